The van der Waals surface area contributed by atoms with Crippen LogP contribution in [0.1, 0.15) is 116 Å². The molecule has 1 heterocycles. The maximum Gasteiger partial charge on any atom is 0.316 e. The van der Waals surface area contributed by atoms with Crippen molar-refractivity contribution in [3.05, 3.63) is 35.9 Å². The van der Waals surface area contributed by atoms with Crippen LogP contribution in [0.3, 0.4) is 0 Å². The fourth-order valence-corrected chi connectivity index (χ4v) is 5.61. The minimum atomic E-state index is -0.653. The monoisotopic (exact) mass is 486 g/mol. The van der Waals surface area contributed by atoms with E-state index in [9.17, 15) is 9.59 Å². The van der Waals surface area contributed by atoms with Crippen LogP contribution in [0, 0.1) is 17.3 Å². The molecule has 35 heavy (non-hydrogen) atoms. The lowest BCUT2D eigenvalue weighted by molar-refractivity contribution is -0.142. The molecule has 0 bridgehead atoms. The summed E-state index contributed by atoms with van der Waals surface area (Å²) < 4.78 is 11.7. The van der Waals surface area contributed by atoms with E-state index in [1.807, 2.05) is 18.2 Å². The fraction of sp³-hybridized carbons (Fsp3) is 0.742. The van der Waals surface area contributed by atoms with Crippen molar-refractivity contribution in [3.8, 4) is 0 Å². The summed E-state index contributed by atoms with van der Waals surface area (Å²) in [4.78, 5) is 24.2. The van der Waals surface area contributed by atoms with Crippen LogP contribution in [0.15, 0.2) is 30.3 Å². The minimum Gasteiger partial charge on any atom is -0.465 e. The lowest BCUT2D eigenvalue weighted by Gasteiger charge is -2.39. The molecule has 0 amide bonds. The van der Waals surface area contributed by atoms with Gasteiger partial charge in [0.25, 0.3) is 0 Å². The Balaban J connectivity index is 1.91. The third kappa shape index (κ3) is 10.5. The van der Waals surface area contributed by atoms with Gasteiger partial charge in [0.15, 0.2) is 0 Å². The van der Waals surface area contributed by atoms with Gasteiger partial charge in [0, 0.05) is 11.3 Å². The minimum absolute atomic E-state index is 0.0852. The summed E-state index contributed by atoms with van der Waals surface area (Å²) >= 11 is 0. The van der Waals surface area contributed by atoms with Crippen LogP contribution in [0.5, 0.6) is 0 Å². The van der Waals surface area contributed by atoms with E-state index in [-0.39, 0.29) is 17.3 Å². The van der Waals surface area contributed by atoms with Gasteiger partial charge in [-0.2, -0.15) is 0 Å². The molecule has 1 aromatic carbocycles. The number of cyclic esters (lactones) is 1. The summed E-state index contributed by atoms with van der Waals surface area (Å²) in [6, 6.07) is 10.2. The molecule has 1 aliphatic heterocycles. The molecule has 0 spiro atoms. The van der Waals surface area contributed by atoms with Crippen LogP contribution in [0.4, 0.5) is 0 Å². The Morgan fingerprint density at radius 2 is 1.43 bits per heavy atom. The highest BCUT2D eigenvalue weighted by molar-refractivity contribution is 5.89. The van der Waals surface area contributed by atoms with Gasteiger partial charge in [-0.05, 0) is 18.4 Å². The molecule has 2 rings (SSSR count). The Labute approximate surface area is 214 Å². The molecule has 0 radical (unpaired) electrons. The topological polar surface area (TPSA) is 52.6 Å². The number of unbranched alkanes of at least 4 members (excludes halogenated alkanes) is 11. The number of carbonyl (C=O) groups is 2. The molecule has 0 saturated carbocycles. The summed E-state index contributed by atoms with van der Waals surface area (Å²) in [6.07, 6.45) is 19.4. The Hall–Kier alpha value is -1.68. The average molecular weight is 487 g/mol. The van der Waals surface area contributed by atoms with Crippen molar-refractivity contribution < 1.29 is 19.1 Å². The first-order chi connectivity index (χ1) is 17.2. The second-order valence-electron chi connectivity index (χ2n) is 10.6. The molecule has 0 aromatic heterocycles. The molecule has 4 nitrogen and oxygen atoms in total. The van der Waals surface area contributed by atoms with Crippen molar-refractivity contribution in [1.29, 1.82) is 0 Å². The van der Waals surface area contributed by atoms with Crippen molar-refractivity contribution in [2.75, 3.05) is 13.2 Å². The van der Waals surface area contributed by atoms with E-state index in [2.05, 4.69) is 26.0 Å². The second kappa shape index (κ2) is 17.7. The number of ether oxygens (including phenoxy) is 2. The Bertz CT molecular complexity index is 688. The highest BCUT2D eigenvalue weighted by Gasteiger charge is 2.49. The lowest BCUT2D eigenvalue weighted by Crippen LogP contribution is -2.40. The van der Waals surface area contributed by atoms with E-state index in [0.29, 0.717) is 19.8 Å². The van der Waals surface area contributed by atoms with E-state index in [1.165, 1.54) is 64.2 Å². The second-order valence-corrected chi connectivity index (χ2v) is 10.6. The maximum atomic E-state index is 12.3. The number of hydrogen-bond acceptors (Lipinski definition) is 4. The van der Waals surface area contributed by atoms with Crippen LogP contribution < -0.4 is 0 Å². The van der Waals surface area contributed by atoms with Gasteiger partial charge in [-0.3, -0.25) is 4.79 Å². The van der Waals surface area contributed by atoms with Crippen LogP contribution in [-0.4, -0.2) is 25.5 Å². The van der Waals surface area contributed by atoms with Crippen LogP contribution in [-0.2, 0) is 25.7 Å². The summed E-state index contributed by atoms with van der Waals surface area (Å²) in [5.74, 6) is -1.09. The smallest absolute Gasteiger partial charge is 0.316 e. The van der Waals surface area contributed by atoms with Crippen molar-refractivity contribution in [2.24, 2.45) is 17.3 Å². The van der Waals surface area contributed by atoms with Crippen molar-refractivity contribution in [2.45, 2.75) is 117 Å². The molecular weight excluding hydrogens is 436 g/mol. The Morgan fingerprint density at radius 3 is 2.03 bits per heavy atom. The first kappa shape index (κ1) is 29.5. The van der Waals surface area contributed by atoms with E-state index >= 15 is 0 Å². The zero-order valence-electron chi connectivity index (χ0n) is 22.5. The Morgan fingerprint density at radius 1 is 0.857 bits per heavy atom. The molecule has 3 atom stereocenters. The van der Waals surface area contributed by atoms with Gasteiger partial charge in [-0.15, -0.1) is 0 Å². The zero-order valence-corrected chi connectivity index (χ0v) is 22.5. The lowest BCUT2D eigenvalue weighted by atomic mass is 9.65. The molecule has 0 aliphatic carbocycles. The predicted molar refractivity (Wildman–Crippen MR) is 143 cm³/mol. The van der Waals surface area contributed by atoms with Crippen LogP contribution in [0.2, 0.25) is 0 Å². The number of carbonyl (C=O) groups excluding carboxylic acids is 2. The normalized spacial score (nSPS) is 19.4. The largest absolute Gasteiger partial charge is 0.465 e. The van der Waals surface area contributed by atoms with E-state index < -0.39 is 5.92 Å². The SMILES string of the molecule is CCCCCCCCCCCCCC(CCCC)(COCc1ccccc1)C1COC(=O)C1C=O. The number of esters is 1. The number of hydrogen-bond donors (Lipinski definition) is 0. The first-order valence-corrected chi connectivity index (χ1v) is 14.4. The highest BCUT2D eigenvalue weighted by atomic mass is 16.5. The number of rotatable bonds is 21. The third-order valence-electron chi connectivity index (χ3n) is 7.85. The predicted octanol–water partition coefficient (Wildman–Crippen LogP) is 8.07. The highest BCUT2D eigenvalue weighted by Crippen LogP contribution is 2.45. The van der Waals surface area contributed by atoms with Crippen molar-refractivity contribution in [1.82, 2.24) is 0 Å². The van der Waals surface area contributed by atoms with Crippen LogP contribution in [0.25, 0.3) is 0 Å². The van der Waals surface area contributed by atoms with Gasteiger partial charge in [-0.25, -0.2) is 0 Å². The molecule has 198 valence electrons. The van der Waals surface area contributed by atoms with E-state index in [0.717, 1.165) is 44.0 Å². The molecule has 1 aromatic rings. The third-order valence-corrected chi connectivity index (χ3v) is 7.85. The summed E-state index contributed by atoms with van der Waals surface area (Å²) in [5.41, 5.74) is 0.958. The van der Waals surface area contributed by atoms with Crippen molar-refractivity contribution in [3.63, 3.8) is 0 Å². The molecule has 4 heteroatoms. The van der Waals surface area contributed by atoms with Gasteiger partial charge in [0.1, 0.15) is 12.2 Å². The van der Waals surface area contributed by atoms with Crippen molar-refractivity contribution >= 4 is 12.3 Å². The van der Waals surface area contributed by atoms with E-state index in [1.54, 1.807) is 0 Å². The number of aldehydes is 1. The standard InChI is InChI=1S/C31H50O4/c1-3-5-7-8-9-10-11-12-13-14-18-22-31(21-6-4-2,29-25-35-30(33)28(29)23-32)26-34-24-27-19-16-15-17-20-27/h15-17,19-20,23,28-29H,3-14,18,21-22,24-26H2,1-2H3. The Kier molecular flexibility index (Phi) is 14.9. The average Bonchev–Trinajstić information content (AvgIpc) is 3.27. The first-order valence-electron chi connectivity index (χ1n) is 14.4. The maximum absolute atomic E-state index is 12.3. The fourth-order valence-electron chi connectivity index (χ4n) is 5.61. The van der Waals surface area contributed by atoms with E-state index in [4.69, 9.17) is 9.47 Å². The molecule has 1 fully saturated rings. The molecule has 3 unspecified atom stereocenters. The van der Waals surface area contributed by atoms with Gasteiger partial charge in [0.05, 0.1) is 19.8 Å². The van der Waals surface area contributed by atoms with Gasteiger partial charge in [0.2, 0.25) is 0 Å². The van der Waals surface area contributed by atoms with Gasteiger partial charge >= 0.3 is 5.97 Å². The zero-order chi connectivity index (χ0) is 25.2. The van der Waals surface area contributed by atoms with Gasteiger partial charge < -0.3 is 14.3 Å². The van der Waals surface area contributed by atoms with Gasteiger partial charge in [-0.1, -0.05) is 128 Å². The van der Waals surface area contributed by atoms with Crippen LogP contribution >= 0.6 is 0 Å². The molecule has 1 aliphatic rings. The summed E-state index contributed by atoms with van der Waals surface area (Å²) in [7, 11) is 0. The molecular formula is C31H50O4. The number of benzene rings is 1. The summed E-state index contributed by atoms with van der Waals surface area (Å²) in [6.45, 7) is 5.94. The quantitative estimate of drug-likeness (QED) is 0.0763. The summed E-state index contributed by atoms with van der Waals surface area (Å²) in [5, 5.41) is 0. The molecule has 1 saturated heterocycles. The molecule has 0 N–H and O–H groups in total.